The Labute approximate surface area is 154 Å². The second kappa shape index (κ2) is 6.97. The lowest BCUT2D eigenvalue weighted by Gasteiger charge is -2.37. The second-order valence-corrected chi connectivity index (χ2v) is 7.03. The molecule has 1 aromatic heterocycles. The van der Waals surface area contributed by atoms with E-state index >= 15 is 0 Å². The van der Waals surface area contributed by atoms with Crippen LogP contribution in [-0.4, -0.2) is 52.4 Å². The van der Waals surface area contributed by atoms with Crippen molar-refractivity contribution in [3.8, 4) is 0 Å². The average Bonchev–Trinajstić information content (AvgIpc) is 2.57. The Morgan fingerprint density at radius 2 is 1.80 bits per heavy atom. The van der Waals surface area contributed by atoms with E-state index in [1.165, 1.54) is 4.57 Å². The molecule has 0 bridgehead atoms. The van der Waals surface area contributed by atoms with Crippen LogP contribution >= 0.6 is 15.9 Å². The van der Waals surface area contributed by atoms with Gasteiger partial charge in [-0.1, -0.05) is 12.1 Å². The number of hydrogen-bond donors (Lipinski definition) is 1. The van der Waals surface area contributed by atoms with Crippen molar-refractivity contribution < 1.29 is 4.79 Å². The Morgan fingerprint density at radius 1 is 1.12 bits per heavy atom. The number of aromatic nitrogens is 2. The number of carbonyl (C=O) groups excluding carboxylic acids is 1. The molecule has 1 N–H and O–H groups in total. The number of nitrogens with zero attached hydrogens (tertiary/aromatic N) is 4. The molecule has 8 heteroatoms. The van der Waals surface area contributed by atoms with E-state index < -0.39 is 0 Å². The van der Waals surface area contributed by atoms with Crippen LogP contribution in [0.1, 0.15) is 11.6 Å². The topological polar surface area (TPSA) is 70.5 Å². The molecule has 7 nitrogen and oxygen atoms in total. The number of nitrogens with one attached hydrogen (secondary N) is 1. The molecule has 2 heterocycles. The first-order valence-electron chi connectivity index (χ1n) is 7.92. The van der Waals surface area contributed by atoms with E-state index in [-0.39, 0.29) is 23.3 Å². The van der Waals surface area contributed by atoms with Gasteiger partial charge in [0.25, 0.3) is 5.56 Å². The van der Waals surface area contributed by atoms with Crippen molar-refractivity contribution in [3.63, 3.8) is 0 Å². The lowest BCUT2D eigenvalue weighted by molar-refractivity contribution is -0.139. The Hall–Kier alpha value is -2.19. The van der Waals surface area contributed by atoms with Crippen molar-refractivity contribution in [1.82, 2.24) is 19.4 Å². The van der Waals surface area contributed by atoms with Crippen LogP contribution in [0.15, 0.2) is 39.9 Å². The molecular formula is C17H20BrN5O2. The van der Waals surface area contributed by atoms with Crippen LogP contribution in [0, 0.1) is 0 Å². The summed E-state index contributed by atoms with van der Waals surface area (Å²) in [6.45, 7) is 1.58. The molecule has 0 radical (unpaired) electrons. The lowest BCUT2D eigenvalue weighted by Crippen LogP contribution is -2.48. The Balaban J connectivity index is 1.83. The first kappa shape index (κ1) is 17.6. The number of benzene rings is 1. The molecule has 1 aliphatic heterocycles. The zero-order chi connectivity index (χ0) is 18.1. The van der Waals surface area contributed by atoms with E-state index in [0.717, 1.165) is 24.3 Å². The second-order valence-electron chi connectivity index (χ2n) is 6.22. The molecule has 1 aromatic carbocycles. The Morgan fingerprint density at radius 3 is 2.48 bits per heavy atom. The molecule has 3 rings (SSSR count). The maximum atomic E-state index is 12.4. The average molecular weight is 406 g/mol. The highest BCUT2D eigenvalue weighted by Crippen LogP contribution is 2.26. The third-order valence-corrected chi connectivity index (χ3v) is 4.75. The lowest BCUT2D eigenvalue weighted by atomic mass is 10.0. The van der Waals surface area contributed by atoms with Gasteiger partial charge in [0, 0.05) is 39.1 Å². The van der Waals surface area contributed by atoms with Gasteiger partial charge < -0.3 is 14.8 Å². The molecule has 132 valence electrons. The summed E-state index contributed by atoms with van der Waals surface area (Å²) in [5.41, 5.74) is 1.46. The van der Waals surface area contributed by atoms with Gasteiger partial charge in [0.05, 0.1) is 0 Å². The standard InChI is InChI=1S/C17H20BrN5O2/c1-21-8-9-22(2)16(24)14(21)11-4-6-12(7-5-11)19-15-17(25)23(3)10-13(18)20-15/h4-7,10,14H,8-9H2,1-3H3,(H,19,20)/t14-/m0/s1. The molecule has 1 aliphatic rings. The summed E-state index contributed by atoms with van der Waals surface area (Å²) in [7, 11) is 5.45. The van der Waals surface area contributed by atoms with Crippen molar-refractivity contribution in [2.45, 2.75) is 6.04 Å². The van der Waals surface area contributed by atoms with Gasteiger partial charge in [-0.05, 0) is 40.7 Å². The molecule has 1 amide bonds. The number of rotatable bonds is 3. The van der Waals surface area contributed by atoms with Crippen LogP contribution in [0.5, 0.6) is 0 Å². The quantitative estimate of drug-likeness (QED) is 0.841. The summed E-state index contributed by atoms with van der Waals surface area (Å²) in [5.74, 6) is 0.340. The van der Waals surface area contributed by atoms with E-state index in [4.69, 9.17) is 0 Å². The number of hydrogen-bond acceptors (Lipinski definition) is 5. The number of aryl methyl sites for hydroxylation is 1. The van der Waals surface area contributed by atoms with Crippen LogP contribution in [0.3, 0.4) is 0 Å². The fourth-order valence-corrected chi connectivity index (χ4v) is 3.36. The molecule has 1 atom stereocenters. The minimum Gasteiger partial charge on any atom is -0.343 e. The van der Waals surface area contributed by atoms with Crippen molar-refractivity contribution >= 4 is 33.3 Å². The van der Waals surface area contributed by atoms with Gasteiger partial charge in [0.15, 0.2) is 5.82 Å². The van der Waals surface area contributed by atoms with E-state index in [1.807, 2.05) is 38.4 Å². The number of halogens is 1. The number of anilines is 2. The predicted octanol–water partition coefficient (Wildman–Crippen LogP) is 1.73. The molecule has 0 spiro atoms. The maximum absolute atomic E-state index is 12.4. The summed E-state index contributed by atoms with van der Waals surface area (Å²) in [4.78, 5) is 32.5. The number of likely N-dealkylation sites (N-methyl/N-ethyl adjacent to an activating group) is 2. The summed E-state index contributed by atoms with van der Waals surface area (Å²) in [5, 5.41) is 3.03. The predicted molar refractivity (Wildman–Crippen MR) is 99.9 cm³/mol. The minimum atomic E-state index is -0.273. The van der Waals surface area contributed by atoms with Crippen LogP contribution in [-0.2, 0) is 11.8 Å². The molecule has 25 heavy (non-hydrogen) atoms. The van der Waals surface area contributed by atoms with Crippen LogP contribution in [0.2, 0.25) is 0 Å². The fraction of sp³-hybridized carbons (Fsp3) is 0.353. The number of carbonyl (C=O) groups is 1. The Bertz CT molecular complexity index is 849. The van der Waals surface area contributed by atoms with Crippen LogP contribution in [0.25, 0.3) is 0 Å². The van der Waals surface area contributed by atoms with Gasteiger partial charge in [0.1, 0.15) is 10.6 Å². The normalized spacial score (nSPS) is 18.5. The zero-order valence-corrected chi connectivity index (χ0v) is 15.9. The zero-order valence-electron chi connectivity index (χ0n) is 14.4. The van der Waals surface area contributed by atoms with Gasteiger partial charge >= 0.3 is 0 Å². The summed E-state index contributed by atoms with van der Waals surface area (Å²) < 4.78 is 2.03. The highest BCUT2D eigenvalue weighted by atomic mass is 79.9. The first-order chi connectivity index (χ1) is 11.9. The van der Waals surface area contributed by atoms with Crippen molar-refractivity contribution in [1.29, 1.82) is 0 Å². The first-order valence-corrected chi connectivity index (χ1v) is 8.71. The molecule has 1 saturated heterocycles. The van der Waals surface area contributed by atoms with Crippen molar-refractivity contribution in [3.05, 3.63) is 51.0 Å². The van der Waals surface area contributed by atoms with Crippen molar-refractivity contribution in [2.75, 3.05) is 32.5 Å². The molecule has 0 unspecified atom stereocenters. The molecule has 0 saturated carbocycles. The van der Waals surface area contributed by atoms with Crippen molar-refractivity contribution in [2.24, 2.45) is 7.05 Å². The van der Waals surface area contributed by atoms with E-state index in [2.05, 4.69) is 31.1 Å². The van der Waals surface area contributed by atoms with Gasteiger partial charge in [-0.25, -0.2) is 4.98 Å². The van der Waals surface area contributed by atoms with Crippen LogP contribution < -0.4 is 10.9 Å². The van der Waals surface area contributed by atoms with Gasteiger partial charge in [-0.3, -0.25) is 14.5 Å². The van der Waals surface area contributed by atoms with E-state index in [0.29, 0.717) is 4.60 Å². The monoisotopic (exact) mass is 405 g/mol. The van der Waals surface area contributed by atoms with E-state index in [9.17, 15) is 9.59 Å². The van der Waals surface area contributed by atoms with Gasteiger partial charge in [-0.15, -0.1) is 0 Å². The van der Waals surface area contributed by atoms with E-state index in [1.54, 1.807) is 18.1 Å². The smallest absolute Gasteiger partial charge is 0.293 e. The minimum absolute atomic E-state index is 0.0944. The van der Waals surface area contributed by atoms with Gasteiger partial charge in [0.2, 0.25) is 5.91 Å². The SMILES string of the molecule is CN1CCN(C)[C@@H](c2ccc(Nc3nc(Br)cn(C)c3=O)cc2)C1=O. The maximum Gasteiger partial charge on any atom is 0.293 e. The molecule has 1 fully saturated rings. The summed E-state index contributed by atoms with van der Waals surface area (Å²) >= 11 is 3.28. The Kier molecular flexibility index (Phi) is 4.91. The third kappa shape index (κ3) is 3.59. The fourth-order valence-electron chi connectivity index (χ4n) is 2.88. The van der Waals surface area contributed by atoms with Gasteiger partial charge in [-0.2, -0.15) is 0 Å². The highest BCUT2D eigenvalue weighted by molar-refractivity contribution is 9.10. The highest BCUT2D eigenvalue weighted by Gasteiger charge is 2.31. The van der Waals surface area contributed by atoms with Crippen LogP contribution in [0.4, 0.5) is 11.5 Å². The summed E-state index contributed by atoms with van der Waals surface area (Å²) in [6, 6.07) is 7.25. The molecule has 0 aliphatic carbocycles. The number of piperazine rings is 1. The molecule has 2 aromatic rings. The molecular weight excluding hydrogens is 386 g/mol. The third-order valence-electron chi connectivity index (χ3n) is 4.37. The number of amides is 1. The largest absolute Gasteiger partial charge is 0.343 e. The summed E-state index contributed by atoms with van der Waals surface area (Å²) in [6.07, 6.45) is 1.61.